The number of carbonyl (C=O) groups excluding carboxylic acids is 2. The lowest BCUT2D eigenvalue weighted by molar-refractivity contribution is -0.141. The summed E-state index contributed by atoms with van der Waals surface area (Å²) in [6, 6.07) is 2.69. The lowest BCUT2D eigenvalue weighted by Gasteiger charge is -2.15. The standard InChI is InChI=1S/C11H12N2O5/c1-13(6-8(14)18-2)10(15)9-7(11(16)17)4-3-5-12-9/h3-5H,6H2,1-2H3,(H,16,17). The van der Waals surface area contributed by atoms with Crippen LogP contribution >= 0.6 is 0 Å². The van der Waals surface area contributed by atoms with Crippen LogP contribution in [0.25, 0.3) is 0 Å². The number of hydrogen-bond donors (Lipinski definition) is 1. The van der Waals surface area contributed by atoms with Crippen molar-refractivity contribution < 1.29 is 24.2 Å². The smallest absolute Gasteiger partial charge is 0.338 e. The number of hydrogen-bond acceptors (Lipinski definition) is 5. The van der Waals surface area contributed by atoms with Crippen LogP contribution in [0.2, 0.25) is 0 Å². The van der Waals surface area contributed by atoms with E-state index in [0.29, 0.717) is 0 Å². The predicted molar refractivity (Wildman–Crippen MR) is 60.2 cm³/mol. The van der Waals surface area contributed by atoms with Crippen LogP contribution in [0.5, 0.6) is 0 Å². The zero-order chi connectivity index (χ0) is 13.7. The predicted octanol–water partition coefficient (Wildman–Crippen LogP) is 0.0248. The summed E-state index contributed by atoms with van der Waals surface area (Å²) in [5.74, 6) is -2.50. The molecule has 7 heteroatoms. The van der Waals surface area contributed by atoms with Crippen LogP contribution in [0.4, 0.5) is 0 Å². The summed E-state index contributed by atoms with van der Waals surface area (Å²) in [7, 11) is 2.56. The molecule has 0 aliphatic rings. The Morgan fingerprint density at radius 3 is 2.67 bits per heavy atom. The molecule has 0 radical (unpaired) electrons. The lowest BCUT2D eigenvalue weighted by Crippen LogP contribution is -2.34. The first-order valence-corrected chi connectivity index (χ1v) is 4.98. The van der Waals surface area contributed by atoms with Crippen LogP contribution in [-0.4, -0.2) is 53.5 Å². The number of rotatable bonds is 4. The Kier molecular flexibility index (Phi) is 4.36. The molecule has 0 fully saturated rings. The van der Waals surface area contributed by atoms with Gasteiger partial charge in [-0.2, -0.15) is 0 Å². The number of amides is 1. The van der Waals surface area contributed by atoms with Gasteiger partial charge >= 0.3 is 11.9 Å². The Morgan fingerprint density at radius 2 is 2.11 bits per heavy atom. The fourth-order valence-electron chi connectivity index (χ4n) is 1.26. The quantitative estimate of drug-likeness (QED) is 0.759. The third-order valence-corrected chi connectivity index (χ3v) is 2.18. The molecule has 1 aromatic rings. The van der Waals surface area contributed by atoms with Crippen molar-refractivity contribution in [2.24, 2.45) is 0 Å². The van der Waals surface area contributed by atoms with Crippen LogP contribution in [0, 0.1) is 0 Å². The summed E-state index contributed by atoms with van der Waals surface area (Å²) in [5, 5.41) is 8.92. The fraction of sp³-hybridized carbons (Fsp3) is 0.273. The van der Waals surface area contributed by atoms with Crippen molar-refractivity contribution in [1.82, 2.24) is 9.88 Å². The second-order valence-electron chi connectivity index (χ2n) is 3.44. The third kappa shape index (κ3) is 3.03. The molecule has 96 valence electrons. The number of carbonyl (C=O) groups is 3. The van der Waals surface area contributed by atoms with Crippen LogP contribution in [0.3, 0.4) is 0 Å². The third-order valence-electron chi connectivity index (χ3n) is 2.18. The van der Waals surface area contributed by atoms with Gasteiger partial charge in [-0.15, -0.1) is 0 Å². The van der Waals surface area contributed by atoms with E-state index in [4.69, 9.17) is 5.11 Å². The fourth-order valence-corrected chi connectivity index (χ4v) is 1.26. The number of carboxylic acids is 1. The molecule has 0 bridgehead atoms. The maximum atomic E-state index is 11.9. The molecule has 0 aromatic carbocycles. The number of ether oxygens (including phenoxy) is 1. The molecule has 18 heavy (non-hydrogen) atoms. The van der Waals surface area contributed by atoms with Crippen molar-refractivity contribution in [2.45, 2.75) is 0 Å². The van der Waals surface area contributed by atoms with E-state index in [-0.39, 0.29) is 17.8 Å². The zero-order valence-electron chi connectivity index (χ0n) is 9.91. The summed E-state index contributed by atoms with van der Waals surface area (Å²) in [6.45, 7) is -0.273. The maximum Gasteiger partial charge on any atom is 0.338 e. The van der Waals surface area contributed by atoms with Gasteiger partial charge in [-0.3, -0.25) is 14.6 Å². The molecule has 0 saturated heterocycles. The molecule has 1 amide bonds. The Balaban J connectivity index is 2.97. The van der Waals surface area contributed by atoms with Gasteiger partial charge in [0.05, 0.1) is 12.7 Å². The van der Waals surface area contributed by atoms with E-state index >= 15 is 0 Å². The first-order chi connectivity index (χ1) is 8.47. The largest absolute Gasteiger partial charge is 0.478 e. The van der Waals surface area contributed by atoms with Crippen LogP contribution in [0.15, 0.2) is 18.3 Å². The van der Waals surface area contributed by atoms with Gasteiger partial charge in [0, 0.05) is 13.2 Å². The second kappa shape index (κ2) is 5.76. The lowest BCUT2D eigenvalue weighted by atomic mass is 10.2. The van der Waals surface area contributed by atoms with Crippen molar-refractivity contribution in [1.29, 1.82) is 0 Å². The highest BCUT2D eigenvalue weighted by Crippen LogP contribution is 2.08. The van der Waals surface area contributed by atoms with Gasteiger partial charge in [0.2, 0.25) is 0 Å². The maximum absolute atomic E-state index is 11.9. The zero-order valence-corrected chi connectivity index (χ0v) is 9.91. The number of carboxylic acid groups (broad SMARTS) is 1. The number of aromatic nitrogens is 1. The number of nitrogens with zero attached hydrogens (tertiary/aromatic N) is 2. The van der Waals surface area contributed by atoms with Crippen molar-refractivity contribution in [2.75, 3.05) is 20.7 Å². The van der Waals surface area contributed by atoms with E-state index in [2.05, 4.69) is 9.72 Å². The van der Waals surface area contributed by atoms with E-state index < -0.39 is 17.8 Å². The van der Waals surface area contributed by atoms with Crippen LogP contribution < -0.4 is 0 Å². The molecular weight excluding hydrogens is 240 g/mol. The van der Waals surface area contributed by atoms with Crippen molar-refractivity contribution in [3.63, 3.8) is 0 Å². The van der Waals surface area contributed by atoms with Gasteiger partial charge in [-0.25, -0.2) is 4.79 Å². The molecule has 0 spiro atoms. The van der Waals surface area contributed by atoms with E-state index in [9.17, 15) is 14.4 Å². The van der Waals surface area contributed by atoms with Crippen molar-refractivity contribution in [3.8, 4) is 0 Å². The molecule has 0 aliphatic heterocycles. The summed E-state index contributed by atoms with van der Waals surface area (Å²) >= 11 is 0. The summed E-state index contributed by atoms with van der Waals surface area (Å²) in [4.78, 5) is 38.6. The number of likely N-dealkylation sites (N-methyl/N-ethyl adjacent to an activating group) is 1. The Hall–Kier alpha value is -2.44. The van der Waals surface area contributed by atoms with Crippen LogP contribution in [0.1, 0.15) is 20.8 Å². The minimum atomic E-state index is -1.25. The second-order valence-corrected chi connectivity index (χ2v) is 3.44. The van der Waals surface area contributed by atoms with Gasteiger partial charge in [0.1, 0.15) is 12.2 Å². The van der Waals surface area contributed by atoms with E-state index in [1.54, 1.807) is 0 Å². The molecular formula is C11H12N2O5. The van der Waals surface area contributed by atoms with Gasteiger partial charge < -0.3 is 14.7 Å². The minimum Gasteiger partial charge on any atom is -0.478 e. The highest BCUT2D eigenvalue weighted by molar-refractivity contribution is 6.03. The average Bonchev–Trinajstić information content (AvgIpc) is 2.37. The number of esters is 1. The monoisotopic (exact) mass is 252 g/mol. The topological polar surface area (TPSA) is 96.8 Å². The molecule has 1 heterocycles. The van der Waals surface area contributed by atoms with Crippen LogP contribution in [-0.2, 0) is 9.53 Å². The van der Waals surface area contributed by atoms with E-state index in [1.165, 1.54) is 32.5 Å². The van der Waals surface area contributed by atoms with Crippen molar-refractivity contribution in [3.05, 3.63) is 29.6 Å². The molecule has 1 rings (SSSR count). The minimum absolute atomic E-state index is 0.209. The molecule has 0 unspecified atom stereocenters. The molecule has 0 atom stereocenters. The van der Waals surface area contributed by atoms with Gasteiger partial charge in [-0.1, -0.05) is 0 Å². The number of methoxy groups -OCH3 is 1. The molecule has 0 aliphatic carbocycles. The highest BCUT2D eigenvalue weighted by atomic mass is 16.5. The van der Waals surface area contributed by atoms with Crippen molar-refractivity contribution >= 4 is 17.8 Å². The first kappa shape index (κ1) is 13.6. The molecule has 1 N–H and O–H groups in total. The Morgan fingerprint density at radius 1 is 1.44 bits per heavy atom. The van der Waals surface area contributed by atoms with Gasteiger partial charge in [-0.05, 0) is 12.1 Å². The SMILES string of the molecule is COC(=O)CN(C)C(=O)c1ncccc1C(=O)O. The Labute approximate surface area is 103 Å². The van der Waals surface area contributed by atoms with Gasteiger partial charge in [0.15, 0.2) is 0 Å². The summed E-state index contributed by atoms with van der Waals surface area (Å²) < 4.78 is 4.42. The van der Waals surface area contributed by atoms with E-state index in [0.717, 1.165) is 4.90 Å². The highest BCUT2D eigenvalue weighted by Gasteiger charge is 2.22. The average molecular weight is 252 g/mol. The van der Waals surface area contributed by atoms with Gasteiger partial charge in [0.25, 0.3) is 5.91 Å². The summed E-state index contributed by atoms with van der Waals surface area (Å²) in [5.41, 5.74) is -0.421. The molecule has 0 saturated carbocycles. The normalized spacial score (nSPS) is 9.67. The number of pyridine rings is 1. The molecule has 7 nitrogen and oxygen atoms in total. The van der Waals surface area contributed by atoms with E-state index in [1.807, 2.05) is 0 Å². The summed E-state index contributed by atoms with van der Waals surface area (Å²) in [6.07, 6.45) is 1.31. The number of aromatic carboxylic acids is 1. The Bertz CT molecular complexity index is 486. The first-order valence-electron chi connectivity index (χ1n) is 4.98. The molecule has 1 aromatic heterocycles.